The fourth-order valence-electron chi connectivity index (χ4n) is 4.11. The van der Waals surface area contributed by atoms with Crippen molar-refractivity contribution in [3.63, 3.8) is 0 Å². The van der Waals surface area contributed by atoms with E-state index in [2.05, 4.69) is 24.3 Å². The van der Waals surface area contributed by atoms with Crippen molar-refractivity contribution >= 4 is 11.8 Å². The molecule has 3 rings (SSSR count). The molecule has 2 aromatic rings. The number of nitrogens with zero attached hydrogens (tertiary/aromatic N) is 2. The summed E-state index contributed by atoms with van der Waals surface area (Å²) in [6.45, 7) is 1.05. The van der Waals surface area contributed by atoms with E-state index in [0.717, 1.165) is 16.7 Å². The van der Waals surface area contributed by atoms with Gasteiger partial charge in [-0.05, 0) is 29.5 Å². The molecule has 1 atom stereocenters. The van der Waals surface area contributed by atoms with Crippen molar-refractivity contribution in [2.24, 2.45) is 5.41 Å². The Bertz CT molecular complexity index is 835. The van der Waals surface area contributed by atoms with Crippen molar-refractivity contribution in [3.8, 4) is 11.1 Å². The SMILES string of the molecule is COCC(=O)N1CC[C@@](Cc2ccccc2-c2ccccc2)(C(=O)N(C)C)C1. The van der Waals surface area contributed by atoms with E-state index in [-0.39, 0.29) is 18.4 Å². The molecule has 1 aliphatic heterocycles. The lowest BCUT2D eigenvalue weighted by Gasteiger charge is -2.31. The predicted molar refractivity (Wildman–Crippen MR) is 110 cm³/mol. The molecule has 0 unspecified atom stereocenters. The fraction of sp³-hybridized carbons (Fsp3) is 0.391. The molecule has 0 spiro atoms. The first-order valence-electron chi connectivity index (χ1n) is 9.59. The van der Waals surface area contributed by atoms with E-state index in [9.17, 15) is 9.59 Å². The second-order valence-corrected chi connectivity index (χ2v) is 7.68. The third kappa shape index (κ3) is 4.09. The van der Waals surface area contributed by atoms with Gasteiger partial charge in [0.2, 0.25) is 11.8 Å². The Morgan fingerprint density at radius 1 is 1.07 bits per heavy atom. The molecule has 2 aromatic carbocycles. The lowest BCUT2D eigenvalue weighted by molar-refractivity contribution is -0.140. The lowest BCUT2D eigenvalue weighted by atomic mass is 9.77. The van der Waals surface area contributed by atoms with E-state index in [4.69, 9.17) is 4.74 Å². The molecule has 5 nitrogen and oxygen atoms in total. The number of hydrogen-bond donors (Lipinski definition) is 0. The number of carbonyl (C=O) groups excluding carboxylic acids is 2. The molecular formula is C23H28N2O3. The summed E-state index contributed by atoms with van der Waals surface area (Å²) in [4.78, 5) is 29.0. The summed E-state index contributed by atoms with van der Waals surface area (Å²) in [7, 11) is 5.09. The first-order chi connectivity index (χ1) is 13.5. The van der Waals surface area contributed by atoms with Crippen LogP contribution in [0.1, 0.15) is 12.0 Å². The second kappa shape index (κ2) is 8.57. The largest absolute Gasteiger partial charge is 0.375 e. The number of hydrogen-bond acceptors (Lipinski definition) is 3. The highest BCUT2D eigenvalue weighted by Crippen LogP contribution is 2.38. The number of benzene rings is 2. The molecule has 1 heterocycles. The van der Waals surface area contributed by atoms with Gasteiger partial charge in [-0.2, -0.15) is 0 Å². The Morgan fingerprint density at radius 3 is 2.43 bits per heavy atom. The van der Waals surface area contributed by atoms with E-state index in [1.54, 1.807) is 23.9 Å². The Labute approximate surface area is 166 Å². The maximum atomic E-state index is 13.2. The van der Waals surface area contributed by atoms with Crippen LogP contribution in [0.4, 0.5) is 0 Å². The summed E-state index contributed by atoms with van der Waals surface area (Å²) in [5.41, 5.74) is 2.79. The first kappa shape index (κ1) is 20.1. The molecule has 1 saturated heterocycles. The predicted octanol–water partition coefficient (Wildman–Crippen LogP) is 2.85. The zero-order valence-corrected chi connectivity index (χ0v) is 16.9. The lowest BCUT2D eigenvalue weighted by Crippen LogP contribution is -2.45. The molecule has 0 radical (unpaired) electrons. The van der Waals surface area contributed by atoms with E-state index in [1.807, 2.05) is 30.3 Å². The molecule has 0 bridgehead atoms. The topological polar surface area (TPSA) is 49.9 Å². The molecule has 1 aliphatic rings. The van der Waals surface area contributed by atoms with Crippen molar-refractivity contribution in [1.82, 2.24) is 9.80 Å². The number of rotatable bonds is 6. The molecule has 5 heteroatoms. The van der Waals surface area contributed by atoms with Crippen LogP contribution >= 0.6 is 0 Å². The second-order valence-electron chi connectivity index (χ2n) is 7.68. The summed E-state index contributed by atoms with van der Waals surface area (Å²) in [6.07, 6.45) is 1.26. The maximum absolute atomic E-state index is 13.2. The highest BCUT2D eigenvalue weighted by atomic mass is 16.5. The molecular weight excluding hydrogens is 352 g/mol. The highest BCUT2D eigenvalue weighted by Gasteiger charge is 2.46. The molecule has 0 aliphatic carbocycles. The monoisotopic (exact) mass is 380 g/mol. The third-order valence-corrected chi connectivity index (χ3v) is 5.47. The minimum absolute atomic E-state index is 0.0484. The van der Waals surface area contributed by atoms with Gasteiger partial charge in [-0.1, -0.05) is 54.6 Å². The zero-order chi connectivity index (χ0) is 20.1. The number of amides is 2. The van der Waals surface area contributed by atoms with Gasteiger partial charge in [-0.15, -0.1) is 0 Å². The number of methoxy groups -OCH3 is 1. The Balaban J connectivity index is 1.95. The van der Waals surface area contributed by atoms with Gasteiger partial charge >= 0.3 is 0 Å². The third-order valence-electron chi connectivity index (χ3n) is 5.47. The molecule has 0 N–H and O–H groups in total. The van der Waals surface area contributed by atoms with Gasteiger partial charge in [-0.3, -0.25) is 9.59 Å². The number of likely N-dealkylation sites (tertiary alicyclic amines) is 1. The van der Waals surface area contributed by atoms with Crippen molar-refractivity contribution in [3.05, 3.63) is 60.2 Å². The zero-order valence-electron chi connectivity index (χ0n) is 16.9. The summed E-state index contributed by atoms with van der Waals surface area (Å²) in [5.74, 6) is 0.00959. The van der Waals surface area contributed by atoms with E-state index >= 15 is 0 Å². The summed E-state index contributed by atoms with van der Waals surface area (Å²) in [6, 6.07) is 18.4. The van der Waals surface area contributed by atoms with E-state index in [1.165, 1.54) is 7.11 Å². The standard InChI is InChI=1S/C23H28N2O3/c1-24(2)22(27)23(13-14-25(17-23)21(26)16-28-3)15-19-11-7-8-12-20(19)18-9-5-4-6-10-18/h4-12H,13-17H2,1-3H3/t23-/m0/s1. The fourth-order valence-corrected chi connectivity index (χ4v) is 4.11. The Morgan fingerprint density at radius 2 is 1.75 bits per heavy atom. The van der Waals surface area contributed by atoms with Gasteiger partial charge in [0.15, 0.2) is 0 Å². The van der Waals surface area contributed by atoms with Gasteiger partial charge in [0.1, 0.15) is 6.61 Å². The van der Waals surface area contributed by atoms with Crippen LogP contribution in [0.25, 0.3) is 11.1 Å². The highest BCUT2D eigenvalue weighted by molar-refractivity contribution is 5.86. The minimum Gasteiger partial charge on any atom is -0.375 e. The van der Waals surface area contributed by atoms with Crippen LogP contribution in [0.15, 0.2) is 54.6 Å². The van der Waals surface area contributed by atoms with Crippen molar-refractivity contribution in [2.75, 3.05) is 40.9 Å². The van der Waals surface area contributed by atoms with Crippen molar-refractivity contribution in [2.45, 2.75) is 12.8 Å². The summed E-state index contributed by atoms with van der Waals surface area (Å²) < 4.78 is 5.00. The molecule has 148 valence electrons. The van der Waals surface area contributed by atoms with E-state index in [0.29, 0.717) is 25.9 Å². The van der Waals surface area contributed by atoms with Crippen LogP contribution in [0.2, 0.25) is 0 Å². The summed E-state index contributed by atoms with van der Waals surface area (Å²) >= 11 is 0. The van der Waals surface area contributed by atoms with Gasteiger partial charge < -0.3 is 14.5 Å². The van der Waals surface area contributed by atoms with Crippen LogP contribution in [-0.4, -0.2) is 62.5 Å². The maximum Gasteiger partial charge on any atom is 0.248 e. The molecule has 28 heavy (non-hydrogen) atoms. The van der Waals surface area contributed by atoms with Crippen LogP contribution in [0.3, 0.4) is 0 Å². The van der Waals surface area contributed by atoms with Gasteiger partial charge in [0, 0.05) is 34.3 Å². The van der Waals surface area contributed by atoms with Crippen LogP contribution in [0.5, 0.6) is 0 Å². The van der Waals surface area contributed by atoms with Crippen LogP contribution in [0, 0.1) is 5.41 Å². The van der Waals surface area contributed by atoms with E-state index < -0.39 is 5.41 Å². The van der Waals surface area contributed by atoms with Crippen LogP contribution < -0.4 is 0 Å². The van der Waals surface area contributed by atoms with Gasteiger partial charge in [0.25, 0.3) is 0 Å². The van der Waals surface area contributed by atoms with Crippen molar-refractivity contribution in [1.29, 1.82) is 0 Å². The normalized spacial score (nSPS) is 18.9. The van der Waals surface area contributed by atoms with Gasteiger partial charge in [0.05, 0.1) is 5.41 Å². The molecule has 0 saturated carbocycles. The van der Waals surface area contributed by atoms with Crippen molar-refractivity contribution < 1.29 is 14.3 Å². The first-order valence-corrected chi connectivity index (χ1v) is 9.59. The summed E-state index contributed by atoms with van der Waals surface area (Å²) in [5, 5.41) is 0. The Kier molecular flexibility index (Phi) is 6.15. The number of carbonyl (C=O) groups is 2. The number of ether oxygens (including phenoxy) is 1. The smallest absolute Gasteiger partial charge is 0.248 e. The molecule has 0 aromatic heterocycles. The quantitative estimate of drug-likeness (QED) is 0.774. The average molecular weight is 380 g/mol. The minimum atomic E-state index is -0.613. The average Bonchev–Trinajstić information content (AvgIpc) is 3.14. The van der Waals surface area contributed by atoms with Gasteiger partial charge in [-0.25, -0.2) is 0 Å². The molecule has 2 amide bonds. The van der Waals surface area contributed by atoms with Crippen LogP contribution in [-0.2, 0) is 20.7 Å². The molecule has 1 fully saturated rings. The Hall–Kier alpha value is -2.66.